The van der Waals surface area contributed by atoms with Gasteiger partial charge in [0.15, 0.2) is 0 Å². The van der Waals surface area contributed by atoms with Crippen molar-refractivity contribution in [3.63, 3.8) is 0 Å². The summed E-state index contributed by atoms with van der Waals surface area (Å²) in [4.78, 5) is 2.35. The van der Waals surface area contributed by atoms with Gasteiger partial charge in [0.2, 0.25) is 0 Å². The lowest BCUT2D eigenvalue weighted by molar-refractivity contribution is 1.31. The second-order valence-electron chi connectivity index (χ2n) is 3.64. The number of halogens is 1. The van der Waals surface area contributed by atoms with E-state index in [1.54, 1.807) is 11.8 Å². The van der Waals surface area contributed by atoms with E-state index in [-0.39, 0.29) is 0 Å². The van der Waals surface area contributed by atoms with E-state index < -0.39 is 0 Å². The molecule has 0 fully saturated rings. The molecule has 0 spiro atoms. The van der Waals surface area contributed by atoms with Crippen LogP contribution in [0.5, 0.6) is 0 Å². The summed E-state index contributed by atoms with van der Waals surface area (Å²) in [6.07, 6.45) is 0. The molecule has 17 heavy (non-hydrogen) atoms. The first-order valence-electron chi connectivity index (χ1n) is 5.13. The molecule has 2 aromatic carbocycles. The van der Waals surface area contributed by atoms with Gasteiger partial charge in [-0.25, -0.2) is 0 Å². The maximum Gasteiger partial charge on any atom is 0.0994 e. The first-order valence-corrected chi connectivity index (χ1v) is 6.74. The van der Waals surface area contributed by atoms with Crippen molar-refractivity contribution in [1.82, 2.24) is 0 Å². The molecule has 0 bridgehead atoms. The molecule has 0 amide bonds. The van der Waals surface area contributed by atoms with Crippen molar-refractivity contribution in [1.29, 1.82) is 5.26 Å². The molecule has 2 aromatic rings. The Bertz CT molecular complexity index is 570. The van der Waals surface area contributed by atoms with Crippen molar-refractivity contribution < 1.29 is 0 Å². The lowest BCUT2D eigenvalue weighted by Gasteiger charge is -2.04. The van der Waals surface area contributed by atoms with Crippen LogP contribution in [0.15, 0.2) is 56.7 Å². The van der Waals surface area contributed by atoms with E-state index in [1.165, 1.54) is 4.90 Å². The summed E-state index contributed by atoms with van der Waals surface area (Å²) in [5.74, 6) is 0. The van der Waals surface area contributed by atoms with Crippen molar-refractivity contribution in [2.24, 2.45) is 0 Å². The van der Waals surface area contributed by atoms with Crippen LogP contribution < -0.4 is 0 Å². The van der Waals surface area contributed by atoms with E-state index in [4.69, 9.17) is 5.26 Å². The van der Waals surface area contributed by atoms with E-state index >= 15 is 0 Å². The molecule has 0 N–H and O–H groups in total. The van der Waals surface area contributed by atoms with Crippen LogP contribution in [0.25, 0.3) is 0 Å². The highest BCUT2D eigenvalue weighted by Crippen LogP contribution is 2.29. The minimum Gasteiger partial charge on any atom is -0.192 e. The largest absolute Gasteiger partial charge is 0.192 e. The van der Waals surface area contributed by atoms with Gasteiger partial charge >= 0.3 is 0 Å². The monoisotopic (exact) mass is 303 g/mol. The van der Waals surface area contributed by atoms with Gasteiger partial charge in [-0.05, 0) is 55.0 Å². The molecule has 0 radical (unpaired) electrons. The second-order valence-corrected chi connectivity index (χ2v) is 5.71. The van der Waals surface area contributed by atoms with Crippen LogP contribution in [0.1, 0.15) is 11.1 Å². The Kier molecular flexibility index (Phi) is 3.88. The third kappa shape index (κ3) is 3.12. The lowest BCUT2D eigenvalue weighted by atomic mass is 10.1. The number of nitrogens with zero attached hydrogens (tertiary/aromatic N) is 1. The smallest absolute Gasteiger partial charge is 0.0994 e. The van der Waals surface area contributed by atoms with Crippen molar-refractivity contribution in [2.45, 2.75) is 16.7 Å². The number of rotatable bonds is 2. The van der Waals surface area contributed by atoms with Crippen molar-refractivity contribution in [3.05, 3.63) is 58.1 Å². The number of hydrogen-bond acceptors (Lipinski definition) is 2. The SMILES string of the molecule is Cc1cc(Sc2ccc(Br)cc2)ccc1C#N. The second kappa shape index (κ2) is 5.39. The highest BCUT2D eigenvalue weighted by atomic mass is 79.9. The molecule has 0 aliphatic carbocycles. The quantitative estimate of drug-likeness (QED) is 0.797. The van der Waals surface area contributed by atoms with Gasteiger partial charge in [-0.2, -0.15) is 5.26 Å². The Morgan fingerprint density at radius 1 is 1.06 bits per heavy atom. The van der Waals surface area contributed by atoms with E-state index in [0.29, 0.717) is 0 Å². The van der Waals surface area contributed by atoms with Crippen LogP contribution >= 0.6 is 27.7 Å². The summed E-state index contributed by atoms with van der Waals surface area (Å²) in [5, 5.41) is 8.87. The minimum atomic E-state index is 0.741. The van der Waals surface area contributed by atoms with Gasteiger partial charge in [0.05, 0.1) is 11.6 Å². The fourth-order valence-corrected chi connectivity index (χ4v) is 2.64. The Morgan fingerprint density at radius 2 is 1.71 bits per heavy atom. The maximum atomic E-state index is 8.87. The standard InChI is InChI=1S/C14H10BrNS/c1-10-8-14(5-2-11(10)9-16)17-13-6-3-12(15)4-7-13/h2-8H,1H3. The van der Waals surface area contributed by atoms with Gasteiger partial charge < -0.3 is 0 Å². The Balaban J connectivity index is 2.22. The number of benzene rings is 2. The maximum absolute atomic E-state index is 8.87. The molecule has 0 aliphatic rings. The highest BCUT2D eigenvalue weighted by molar-refractivity contribution is 9.10. The zero-order chi connectivity index (χ0) is 12.3. The topological polar surface area (TPSA) is 23.8 Å². The lowest BCUT2D eigenvalue weighted by Crippen LogP contribution is -1.82. The summed E-state index contributed by atoms with van der Waals surface area (Å²) in [6.45, 7) is 1.96. The van der Waals surface area contributed by atoms with Gasteiger partial charge in [-0.3, -0.25) is 0 Å². The van der Waals surface area contributed by atoms with Crippen LogP contribution in [0.3, 0.4) is 0 Å². The fraction of sp³-hybridized carbons (Fsp3) is 0.0714. The predicted octanol–water partition coefficient (Wildman–Crippen LogP) is 4.78. The third-order valence-electron chi connectivity index (χ3n) is 2.37. The van der Waals surface area contributed by atoms with E-state index in [2.05, 4.69) is 34.1 Å². The third-order valence-corrected chi connectivity index (χ3v) is 3.89. The normalized spacial score (nSPS) is 9.94. The van der Waals surface area contributed by atoms with Gasteiger partial charge in [0.1, 0.15) is 0 Å². The zero-order valence-electron chi connectivity index (χ0n) is 9.27. The van der Waals surface area contributed by atoms with Gasteiger partial charge in [-0.1, -0.05) is 27.7 Å². The van der Waals surface area contributed by atoms with E-state index in [1.807, 2.05) is 37.3 Å². The fourth-order valence-electron chi connectivity index (χ4n) is 1.46. The zero-order valence-corrected chi connectivity index (χ0v) is 11.7. The number of aryl methyl sites for hydroxylation is 1. The molecule has 0 saturated carbocycles. The summed E-state index contributed by atoms with van der Waals surface area (Å²) in [7, 11) is 0. The van der Waals surface area contributed by atoms with Gasteiger partial charge in [0, 0.05) is 14.3 Å². The first-order chi connectivity index (χ1) is 8.19. The summed E-state index contributed by atoms with van der Waals surface area (Å²) in [6, 6.07) is 16.3. The van der Waals surface area contributed by atoms with Crippen LogP contribution in [-0.4, -0.2) is 0 Å². The molecular formula is C14H10BrNS. The highest BCUT2D eigenvalue weighted by Gasteiger charge is 2.01. The molecule has 0 aliphatic heterocycles. The van der Waals surface area contributed by atoms with E-state index in [9.17, 15) is 0 Å². The minimum absolute atomic E-state index is 0.741. The van der Waals surface area contributed by atoms with Crippen LogP contribution in [0, 0.1) is 18.3 Å². The summed E-state index contributed by atoms with van der Waals surface area (Å²) in [5.41, 5.74) is 1.76. The van der Waals surface area contributed by atoms with Crippen LogP contribution in [0.2, 0.25) is 0 Å². The molecule has 2 rings (SSSR count). The molecule has 0 saturated heterocycles. The number of nitriles is 1. The van der Waals surface area contributed by atoms with Gasteiger partial charge in [0.25, 0.3) is 0 Å². The predicted molar refractivity (Wildman–Crippen MR) is 74.2 cm³/mol. The van der Waals surface area contributed by atoms with Gasteiger partial charge in [-0.15, -0.1) is 0 Å². The molecule has 0 aromatic heterocycles. The van der Waals surface area contributed by atoms with Crippen molar-refractivity contribution in [3.8, 4) is 6.07 Å². The summed E-state index contributed by atoms with van der Waals surface area (Å²) < 4.78 is 1.08. The van der Waals surface area contributed by atoms with Crippen molar-refractivity contribution in [2.75, 3.05) is 0 Å². The van der Waals surface area contributed by atoms with E-state index in [0.717, 1.165) is 20.5 Å². The Morgan fingerprint density at radius 3 is 2.29 bits per heavy atom. The molecule has 3 heteroatoms. The molecule has 0 atom stereocenters. The molecular weight excluding hydrogens is 294 g/mol. The average Bonchev–Trinajstić information content (AvgIpc) is 2.32. The average molecular weight is 304 g/mol. The molecule has 0 heterocycles. The first kappa shape index (κ1) is 12.2. The van der Waals surface area contributed by atoms with Crippen LogP contribution in [-0.2, 0) is 0 Å². The Hall–Kier alpha value is -1.24. The van der Waals surface area contributed by atoms with Crippen LogP contribution in [0.4, 0.5) is 0 Å². The molecule has 1 nitrogen and oxygen atoms in total. The molecule has 84 valence electrons. The number of hydrogen-bond donors (Lipinski definition) is 0. The summed E-state index contributed by atoms with van der Waals surface area (Å²) >= 11 is 5.12. The molecule has 0 unspecified atom stereocenters. The van der Waals surface area contributed by atoms with Crippen molar-refractivity contribution >= 4 is 27.7 Å². The Labute approximate surface area is 114 Å².